The number of nitrogens with two attached hydrogens (primary N) is 1. The Morgan fingerprint density at radius 2 is 1.94 bits per heavy atom. The number of ether oxygens (including phenoxy) is 2. The number of rotatable bonds is 3. The van der Waals surface area contributed by atoms with E-state index in [2.05, 4.69) is 6.07 Å². The summed E-state index contributed by atoms with van der Waals surface area (Å²) >= 11 is 0. The average molecular weight is 247 g/mol. The van der Waals surface area contributed by atoms with E-state index in [1.807, 2.05) is 12.1 Å². The van der Waals surface area contributed by atoms with Crippen LogP contribution in [0.15, 0.2) is 18.2 Å². The first-order valence-electron chi connectivity index (χ1n) is 6.98. The zero-order valence-corrected chi connectivity index (χ0v) is 10.7. The predicted molar refractivity (Wildman–Crippen MR) is 70.9 cm³/mol. The first-order chi connectivity index (χ1) is 8.84. The molecule has 0 saturated heterocycles. The van der Waals surface area contributed by atoms with E-state index in [9.17, 15) is 0 Å². The van der Waals surface area contributed by atoms with E-state index in [1.165, 1.54) is 25.7 Å². The smallest absolute Gasteiger partial charge is 0.166 e. The minimum absolute atomic E-state index is 0.0738. The Morgan fingerprint density at radius 1 is 1.17 bits per heavy atom. The van der Waals surface area contributed by atoms with Crippen molar-refractivity contribution >= 4 is 0 Å². The average Bonchev–Trinajstić information content (AvgIpc) is 2.91. The lowest BCUT2D eigenvalue weighted by atomic mass is 9.93. The van der Waals surface area contributed by atoms with Gasteiger partial charge >= 0.3 is 0 Å². The molecule has 3 nitrogen and oxygen atoms in total. The second-order valence-electron chi connectivity index (χ2n) is 5.36. The quantitative estimate of drug-likeness (QED) is 0.893. The van der Waals surface area contributed by atoms with Crippen LogP contribution in [0.4, 0.5) is 0 Å². The molecule has 1 fully saturated rings. The highest BCUT2D eigenvalue weighted by Gasteiger charge is 2.23. The fourth-order valence-corrected chi connectivity index (χ4v) is 3.12. The van der Waals surface area contributed by atoms with Crippen molar-refractivity contribution in [2.24, 2.45) is 11.7 Å². The maximum absolute atomic E-state index is 6.36. The Hall–Kier alpha value is -1.22. The van der Waals surface area contributed by atoms with Gasteiger partial charge in [0.05, 0.1) is 0 Å². The standard InChI is InChI=1S/C15H21NO2/c16-13(10-11-4-1-2-5-11)12-6-3-7-14-15(12)18-9-8-17-14/h3,6-7,11,13H,1-2,4-5,8-10,16H2. The topological polar surface area (TPSA) is 44.5 Å². The second kappa shape index (κ2) is 5.19. The van der Waals surface area contributed by atoms with Crippen LogP contribution in [0.1, 0.15) is 43.7 Å². The molecule has 2 N–H and O–H groups in total. The molecule has 0 amide bonds. The van der Waals surface area contributed by atoms with Gasteiger partial charge in [0.1, 0.15) is 13.2 Å². The van der Waals surface area contributed by atoms with Crippen molar-refractivity contribution in [1.29, 1.82) is 0 Å². The predicted octanol–water partition coefficient (Wildman–Crippen LogP) is 3.04. The van der Waals surface area contributed by atoms with Crippen LogP contribution < -0.4 is 15.2 Å². The molecular weight excluding hydrogens is 226 g/mol. The number of hydrogen-bond donors (Lipinski definition) is 1. The van der Waals surface area contributed by atoms with Crippen molar-refractivity contribution in [3.05, 3.63) is 23.8 Å². The summed E-state index contributed by atoms with van der Waals surface area (Å²) in [6.45, 7) is 1.26. The lowest BCUT2D eigenvalue weighted by molar-refractivity contribution is 0.168. The van der Waals surface area contributed by atoms with Crippen molar-refractivity contribution in [3.8, 4) is 11.5 Å². The van der Waals surface area contributed by atoms with E-state index >= 15 is 0 Å². The van der Waals surface area contributed by atoms with Gasteiger partial charge in [0.2, 0.25) is 0 Å². The Labute approximate surface area is 108 Å². The summed E-state index contributed by atoms with van der Waals surface area (Å²) in [4.78, 5) is 0. The molecule has 1 atom stereocenters. The fraction of sp³-hybridized carbons (Fsp3) is 0.600. The van der Waals surface area contributed by atoms with Crippen molar-refractivity contribution in [2.75, 3.05) is 13.2 Å². The molecule has 0 radical (unpaired) electrons. The lowest BCUT2D eigenvalue weighted by Crippen LogP contribution is -2.20. The third-order valence-electron chi connectivity index (χ3n) is 4.06. The van der Waals surface area contributed by atoms with E-state index in [-0.39, 0.29) is 6.04 Å². The molecule has 0 spiro atoms. The highest BCUT2D eigenvalue weighted by molar-refractivity contribution is 5.48. The van der Waals surface area contributed by atoms with Gasteiger partial charge in [0, 0.05) is 11.6 Å². The SMILES string of the molecule is NC(CC1CCCC1)c1cccc2c1OCCO2. The van der Waals surface area contributed by atoms with Gasteiger partial charge < -0.3 is 15.2 Å². The third-order valence-corrected chi connectivity index (χ3v) is 4.06. The Bertz CT molecular complexity index is 413. The van der Waals surface area contributed by atoms with Crippen LogP contribution in [0.5, 0.6) is 11.5 Å². The van der Waals surface area contributed by atoms with E-state index < -0.39 is 0 Å². The van der Waals surface area contributed by atoms with Gasteiger partial charge in [-0.15, -0.1) is 0 Å². The monoisotopic (exact) mass is 247 g/mol. The van der Waals surface area contributed by atoms with Gasteiger partial charge in [-0.2, -0.15) is 0 Å². The second-order valence-corrected chi connectivity index (χ2v) is 5.36. The van der Waals surface area contributed by atoms with Crippen LogP contribution in [0, 0.1) is 5.92 Å². The Kier molecular flexibility index (Phi) is 3.41. The number of para-hydroxylation sites is 1. The molecule has 1 heterocycles. The molecule has 1 aromatic rings. The lowest BCUT2D eigenvalue weighted by Gasteiger charge is -2.24. The zero-order chi connectivity index (χ0) is 12.4. The van der Waals surface area contributed by atoms with Crippen LogP contribution >= 0.6 is 0 Å². The van der Waals surface area contributed by atoms with Gasteiger partial charge in [-0.05, 0) is 18.4 Å². The molecule has 1 aliphatic carbocycles. The molecule has 1 aliphatic heterocycles. The van der Waals surface area contributed by atoms with Gasteiger partial charge in [-0.25, -0.2) is 0 Å². The normalized spacial score (nSPS) is 20.9. The molecule has 1 saturated carbocycles. The summed E-state index contributed by atoms with van der Waals surface area (Å²) in [5.41, 5.74) is 7.47. The van der Waals surface area contributed by atoms with Crippen LogP contribution in [0.25, 0.3) is 0 Å². The summed E-state index contributed by atoms with van der Waals surface area (Å²) in [6.07, 6.45) is 6.47. The van der Waals surface area contributed by atoms with E-state index in [0.717, 1.165) is 29.4 Å². The van der Waals surface area contributed by atoms with Gasteiger partial charge in [-0.3, -0.25) is 0 Å². The number of hydrogen-bond acceptors (Lipinski definition) is 3. The minimum atomic E-state index is 0.0738. The minimum Gasteiger partial charge on any atom is -0.486 e. The highest BCUT2D eigenvalue weighted by atomic mass is 16.6. The maximum Gasteiger partial charge on any atom is 0.166 e. The van der Waals surface area contributed by atoms with Crippen molar-refractivity contribution in [1.82, 2.24) is 0 Å². The van der Waals surface area contributed by atoms with Crippen molar-refractivity contribution < 1.29 is 9.47 Å². The molecule has 0 bridgehead atoms. The molecule has 18 heavy (non-hydrogen) atoms. The molecule has 1 aromatic carbocycles. The molecule has 1 unspecified atom stereocenters. The van der Waals surface area contributed by atoms with Gasteiger partial charge in [0.15, 0.2) is 11.5 Å². The summed E-state index contributed by atoms with van der Waals surface area (Å²) in [7, 11) is 0. The van der Waals surface area contributed by atoms with E-state index in [1.54, 1.807) is 0 Å². The van der Waals surface area contributed by atoms with E-state index in [0.29, 0.717) is 13.2 Å². The van der Waals surface area contributed by atoms with Crippen molar-refractivity contribution in [2.45, 2.75) is 38.1 Å². The first-order valence-corrected chi connectivity index (χ1v) is 6.98. The first kappa shape index (κ1) is 11.8. The maximum atomic E-state index is 6.36. The zero-order valence-electron chi connectivity index (χ0n) is 10.7. The van der Waals surface area contributed by atoms with Crippen LogP contribution in [-0.4, -0.2) is 13.2 Å². The summed E-state index contributed by atoms with van der Waals surface area (Å²) in [5.74, 6) is 2.51. The highest BCUT2D eigenvalue weighted by Crippen LogP contribution is 2.39. The fourth-order valence-electron chi connectivity index (χ4n) is 3.12. The third kappa shape index (κ3) is 2.32. The molecule has 3 rings (SSSR count). The number of fused-ring (bicyclic) bond motifs is 1. The van der Waals surface area contributed by atoms with E-state index in [4.69, 9.17) is 15.2 Å². The van der Waals surface area contributed by atoms with Crippen molar-refractivity contribution in [3.63, 3.8) is 0 Å². The largest absolute Gasteiger partial charge is 0.486 e. The van der Waals surface area contributed by atoms with Gasteiger partial charge in [0.25, 0.3) is 0 Å². The molecule has 3 heteroatoms. The molecule has 98 valence electrons. The molecule has 0 aromatic heterocycles. The van der Waals surface area contributed by atoms with Crippen LogP contribution in [0.3, 0.4) is 0 Å². The molecule has 2 aliphatic rings. The van der Waals surface area contributed by atoms with Crippen LogP contribution in [-0.2, 0) is 0 Å². The Balaban J connectivity index is 1.78. The van der Waals surface area contributed by atoms with Crippen LogP contribution in [0.2, 0.25) is 0 Å². The van der Waals surface area contributed by atoms with Gasteiger partial charge in [-0.1, -0.05) is 37.8 Å². The Morgan fingerprint density at radius 3 is 2.78 bits per heavy atom. The summed E-state index contributed by atoms with van der Waals surface area (Å²) in [5, 5.41) is 0. The summed E-state index contributed by atoms with van der Waals surface area (Å²) < 4.78 is 11.3. The summed E-state index contributed by atoms with van der Waals surface area (Å²) in [6, 6.07) is 6.12. The number of benzene rings is 1. The molecular formula is C15H21NO2.